The Labute approximate surface area is 221 Å². The van der Waals surface area contributed by atoms with Crippen LogP contribution < -0.4 is 14.6 Å². The molecular weight excluding hydrogens is 489 g/mol. The lowest BCUT2D eigenvalue weighted by Crippen LogP contribution is -2.30. The highest BCUT2D eigenvalue weighted by Crippen LogP contribution is 2.44. The number of carbonyl (C=O) groups is 1. The summed E-state index contributed by atoms with van der Waals surface area (Å²) in [5.74, 6) is 1.38. The number of benzene rings is 2. The van der Waals surface area contributed by atoms with E-state index in [2.05, 4.69) is 60.5 Å². The summed E-state index contributed by atoms with van der Waals surface area (Å²) in [6.07, 6.45) is 0.585. The Morgan fingerprint density at radius 1 is 0.838 bits per heavy atom. The van der Waals surface area contributed by atoms with Crippen molar-refractivity contribution >= 4 is 36.1 Å². The fourth-order valence-electron chi connectivity index (χ4n) is 4.33. The van der Waals surface area contributed by atoms with Crippen molar-refractivity contribution in [3.8, 4) is 11.5 Å². The van der Waals surface area contributed by atoms with E-state index < -0.39 is 14.2 Å². The summed E-state index contributed by atoms with van der Waals surface area (Å²) >= 11 is 0. The molecule has 3 aromatic rings. The van der Waals surface area contributed by atoms with E-state index >= 15 is 0 Å². The zero-order valence-electron chi connectivity index (χ0n) is 24.1. The smallest absolute Gasteiger partial charge is 0.323 e. The number of carbonyl (C=O) groups excluding carboxylic acids is 1. The molecule has 0 aliphatic heterocycles. The zero-order valence-corrected chi connectivity index (χ0v) is 25.0. The van der Waals surface area contributed by atoms with Crippen LogP contribution in [0, 0.1) is 5.92 Å². The predicted octanol–water partition coefficient (Wildman–Crippen LogP) is 8.03. The molecule has 1 heterocycles. The second-order valence-electron chi connectivity index (χ2n) is 11.9. The van der Waals surface area contributed by atoms with Crippen molar-refractivity contribution in [1.82, 2.24) is 0 Å². The second-order valence-corrected chi connectivity index (χ2v) is 13.0. The topological polar surface area (TPSA) is 83.1 Å². The van der Waals surface area contributed by atoms with Crippen LogP contribution in [0.15, 0.2) is 32.7 Å². The molecule has 1 atom stereocenters. The van der Waals surface area contributed by atoms with Gasteiger partial charge >= 0.3 is 14.1 Å². The van der Waals surface area contributed by atoms with Crippen LogP contribution in [-0.4, -0.2) is 33.3 Å². The number of fused-ring (bicyclic) bond motifs is 3. The van der Waals surface area contributed by atoms with E-state index in [1.165, 1.54) is 7.11 Å². The molecule has 3 rings (SSSR count). The molecule has 0 saturated carbocycles. The number of hydrogen-bond donors (Lipinski definition) is 1. The summed E-state index contributed by atoms with van der Waals surface area (Å²) in [6, 6.07) is 7.39. The van der Waals surface area contributed by atoms with Crippen LogP contribution in [0.1, 0.15) is 72.9 Å². The first kappa shape index (κ1) is 28.9. The van der Waals surface area contributed by atoms with Crippen LogP contribution in [0.4, 0.5) is 0 Å². The van der Waals surface area contributed by atoms with Crippen molar-refractivity contribution < 1.29 is 27.4 Å². The van der Waals surface area contributed by atoms with E-state index in [1.807, 2.05) is 24.3 Å². The van der Waals surface area contributed by atoms with Crippen molar-refractivity contribution in [2.24, 2.45) is 5.92 Å². The minimum Gasteiger partial charge on any atom is -0.497 e. The number of methoxy groups -OCH3 is 3. The van der Waals surface area contributed by atoms with Crippen molar-refractivity contribution in [3.63, 3.8) is 0 Å². The molecule has 0 bridgehead atoms. The van der Waals surface area contributed by atoms with E-state index in [1.54, 1.807) is 14.2 Å². The molecule has 204 valence electrons. The van der Waals surface area contributed by atoms with Gasteiger partial charge in [-0.1, -0.05) is 55.4 Å². The Balaban J connectivity index is 2.56. The standard InChI is InChI=1S/C29H42NO6P/c1-17(2)12-24(27(31)34-11)30-37-35-25-20(13-18(32-9)15-22(25)28(3,4)5)21-14-19(33-10)16-23(26(21)36-37)29(6,7)8/h13-17,24,30H,12H2,1-11H3/t24-/m0/s1. The molecule has 7 nitrogen and oxygen atoms in total. The first-order valence-corrected chi connectivity index (χ1v) is 13.8. The molecule has 2 aromatic carbocycles. The van der Waals surface area contributed by atoms with Crippen molar-refractivity contribution in [3.05, 3.63) is 35.4 Å². The van der Waals surface area contributed by atoms with Crippen LogP contribution in [-0.2, 0) is 20.4 Å². The van der Waals surface area contributed by atoms with Crippen LogP contribution in [0.3, 0.4) is 0 Å². The predicted molar refractivity (Wildman–Crippen MR) is 151 cm³/mol. The number of rotatable bonds is 7. The third-order valence-corrected chi connectivity index (χ3v) is 7.52. The molecule has 0 spiro atoms. The van der Waals surface area contributed by atoms with Gasteiger partial charge in [0, 0.05) is 21.9 Å². The third-order valence-electron chi connectivity index (χ3n) is 6.30. The maximum atomic E-state index is 12.7. The Kier molecular flexibility index (Phi) is 8.60. The molecule has 37 heavy (non-hydrogen) atoms. The number of hydrogen-bond acceptors (Lipinski definition) is 7. The lowest BCUT2D eigenvalue weighted by molar-refractivity contribution is -0.141. The molecule has 8 heteroatoms. The maximum Gasteiger partial charge on any atom is 0.323 e. The van der Waals surface area contributed by atoms with Gasteiger partial charge in [-0.25, -0.2) is 5.09 Å². The molecule has 1 aromatic heterocycles. The van der Waals surface area contributed by atoms with Gasteiger partial charge < -0.3 is 22.6 Å². The van der Waals surface area contributed by atoms with E-state index in [4.69, 9.17) is 22.6 Å². The molecule has 0 unspecified atom stereocenters. The molecule has 0 saturated heterocycles. The Morgan fingerprint density at radius 3 is 1.59 bits per heavy atom. The average Bonchev–Trinajstić information content (AvgIpc) is 2.96. The molecule has 1 N–H and O–H groups in total. The summed E-state index contributed by atoms with van der Waals surface area (Å²) in [5, 5.41) is 5.07. The minimum absolute atomic E-state index is 0.254. The SMILES string of the molecule is COC(=O)[C@H](CC(C)C)Np1oc2c(C(C)(C)C)cc(OC)cc2c2cc(OC)cc(C(C)(C)C)c2o1. The Bertz CT molecular complexity index is 1230. The lowest BCUT2D eigenvalue weighted by Gasteiger charge is -2.21. The number of nitrogens with one attached hydrogen (secondary N) is 1. The fraction of sp³-hybridized carbons (Fsp3) is 0.552. The first-order chi connectivity index (χ1) is 17.2. The molecule has 0 amide bonds. The normalized spacial score (nSPS) is 13.2. The lowest BCUT2D eigenvalue weighted by atomic mass is 9.84. The van der Waals surface area contributed by atoms with Crippen LogP contribution >= 0.6 is 8.16 Å². The van der Waals surface area contributed by atoms with Crippen molar-refractivity contribution in [2.45, 2.75) is 78.7 Å². The van der Waals surface area contributed by atoms with E-state index in [9.17, 15) is 4.79 Å². The highest BCUT2D eigenvalue weighted by atomic mass is 31.1. The molecule has 0 aliphatic carbocycles. The van der Waals surface area contributed by atoms with Gasteiger partial charge in [0.15, 0.2) is 0 Å². The summed E-state index contributed by atoms with van der Waals surface area (Å²) < 4.78 is 29.9. The van der Waals surface area contributed by atoms with Gasteiger partial charge in [-0.2, -0.15) is 0 Å². The van der Waals surface area contributed by atoms with Gasteiger partial charge in [-0.3, -0.25) is 4.79 Å². The summed E-state index contributed by atoms with van der Waals surface area (Å²) in [4.78, 5) is 12.7. The fourth-order valence-corrected chi connectivity index (χ4v) is 5.66. The van der Waals surface area contributed by atoms with Gasteiger partial charge in [0.05, 0.1) is 21.3 Å². The van der Waals surface area contributed by atoms with Crippen molar-refractivity contribution in [1.29, 1.82) is 0 Å². The Morgan fingerprint density at radius 2 is 1.27 bits per heavy atom. The quantitative estimate of drug-likeness (QED) is 0.309. The van der Waals surface area contributed by atoms with Crippen LogP contribution in [0.5, 0.6) is 11.5 Å². The number of esters is 1. The Hall–Kier alpha value is -2.63. The van der Waals surface area contributed by atoms with Gasteiger partial charge in [0.2, 0.25) is 0 Å². The third kappa shape index (κ3) is 6.45. The summed E-state index contributed by atoms with van der Waals surface area (Å²) in [7, 11) is 2.96. The molecular formula is C29H42NO6P. The van der Waals surface area contributed by atoms with Crippen molar-refractivity contribution in [2.75, 3.05) is 26.4 Å². The van der Waals surface area contributed by atoms with Gasteiger partial charge in [0.1, 0.15) is 28.7 Å². The highest BCUT2D eigenvalue weighted by Gasteiger charge is 2.28. The zero-order chi connectivity index (χ0) is 27.7. The first-order valence-electron chi connectivity index (χ1n) is 12.6. The van der Waals surface area contributed by atoms with E-state index in [0.29, 0.717) is 17.6 Å². The summed E-state index contributed by atoms with van der Waals surface area (Å²) in [5.41, 5.74) is 2.85. The number of ether oxygens (including phenoxy) is 3. The highest BCUT2D eigenvalue weighted by molar-refractivity contribution is 7.38. The molecule has 0 fully saturated rings. The van der Waals surface area contributed by atoms with E-state index in [0.717, 1.165) is 33.4 Å². The van der Waals surface area contributed by atoms with Gasteiger partial charge in [-0.15, -0.1) is 0 Å². The van der Waals surface area contributed by atoms with Gasteiger partial charge in [0.25, 0.3) is 0 Å². The monoisotopic (exact) mass is 531 g/mol. The van der Waals surface area contributed by atoms with Crippen LogP contribution in [0.2, 0.25) is 0 Å². The largest absolute Gasteiger partial charge is 0.497 e. The van der Waals surface area contributed by atoms with Crippen LogP contribution in [0.25, 0.3) is 21.9 Å². The van der Waals surface area contributed by atoms with E-state index in [-0.39, 0.29) is 22.7 Å². The molecule has 0 radical (unpaired) electrons. The summed E-state index contributed by atoms with van der Waals surface area (Å²) in [6.45, 7) is 16.9. The van der Waals surface area contributed by atoms with Gasteiger partial charge in [-0.05, 0) is 47.4 Å². The average molecular weight is 532 g/mol. The minimum atomic E-state index is -1.77. The maximum absolute atomic E-state index is 12.7. The molecule has 0 aliphatic rings. The second kappa shape index (κ2) is 11.0.